The lowest BCUT2D eigenvalue weighted by Crippen LogP contribution is -2.53. The summed E-state index contributed by atoms with van der Waals surface area (Å²) in [4.78, 5) is 14.8. The smallest absolute Gasteiger partial charge is 0.319 e. The van der Waals surface area contributed by atoms with Gasteiger partial charge in [-0.3, -0.25) is 14.6 Å². The minimum Gasteiger partial charge on any atom is -0.368 e. The molecule has 128 valence electrons. The molecule has 1 aliphatic rings. The zero-order valence-corrected chi connectivity index (χ0v) is 12.5. The summed E-state index contributed by atoms with van der Waals surface area (Å²) >= 11 is 0. The molecule has 2 rings (SSSR count). The SMILES string of the molecule is NC(=O)[C@@H](c1ccccc1)N1CCN(CC(F)(F)C(F)F)CC1. The third kappa shape index (κ3) is 4.42. The molecule has 0 radical (unpaired) electrons. The molecule has 1 aliphatic heterocycles. The second-order valence-electron chi connectivity index (χ2n) is 5.59. The van der Waals surface area contributed by atoms with Gasteiger partial charge in [0.05, 0.1) is 6.54 Å². The molecule has 1 atom stereocenters. The van der Waals surface area contributed by atoms with Crippen molar-refractivity contribution in [2.75, 3.05) is 32.7 Å². The van der Waals surface area contributed by atoms with Crippen molar-refractivity contribution >= 4 is 5.91 Å². The maximum Gasteiger partial charge on any atom is 0.319 e. The van der Waals surface area contributed by atoms with Crippen LogP contribution in [0.15, 0.2) is 30.3 Å². The van der Waals surface area contributed by atoms with Crippen molar-refractivity contribution in [2.45, 2.75) is 18.4 Å². The summed E-state index contributed by atoms with van der Waals surface area (Å²) in [5.41, 5.74) is 6.19. The van der Waals surface area contributed by atoms with Gasteiger partial charge in [-0.1, -0.05) is 30.3 Å². The summed E-state index contributed by atoms with van der Waals surface area (Å²) in [6, 6.07) is 8.27. The Hall–Kier alpha value is -1.67. The van der Waals surface area contributed by atoms with Gasteiger partial charge in [0.1, 0.15) is 6.04 Å². The zero-order valence-electron chi connectivity index (χ0n) is 12.5. The molecule has 1 fully saturated rings. The molecule has 2 N–H and O–H groups in total. The quantitative estimate of drug-likeness (QED) is 0.807. The van der Waals surface area contributed by atoms with E-state index in [0.717, 1.165) is 5.56 Å². The summed E-state index contributed by atoms with van der Waals surface area (Å²) in [7, 11) is 0. The number of amides is 1. The molecule has 4 nitrogen and oxygen atoms in total. The van der Waals surface area contributed by atoms with Gasteiger partial charge in [-0.05, 0) is 5.56 Å². The molecule has 0 saturated carbocycles. The van der Waals surface area contributed by atoms with E-state index in [0.29, 0.717) is 13.1 Å². The van der Waals surface area contributed by atoms with E-state index in [1.54, 1.807) is 29.2 Å². The minimum absolute atomic E-state index is 0.179. The van der Waals surface area contributed by atoms with Crippen LogP contribution in [0.1, 0.15) is 11.6 Å². The van der Waals surface area contributed by atoms with E-state index in [1.165, 1.54) is 4.90 Å². The Bertz CT molecular complexity index is 519. The highest BCUT2D eigenvalue weighted by Gasteiger charge is 2.43. The molecular weight excluding hydrogens is 314 g/mol. The van der Waals surface area contributed by atoms with Gasteiger partial charge in [0.2, 0.25) is 5.91 Å². The molecule has 1 aromatic rings. The molecule has 0 bridgehead atoms. The van der Waals surface area contributed by atoms with Crippen LogP contribution in [0.5, 0.6) is 0 Å². The van der Waals surface area contributed by atoms with Crippen LogP contribution < -0.4 is 5.73 Å². The lowest BCUT2D eigenvalue weighted by molar-refractivity contribution is -0.146. The summed E-state index contributed by atoms with van der Waals surface area (Å²) in [6.45, 7) is -0.00737. The highest BCUT2D eigenvalue weighted by atomic mass is 19.3. The van der Waals surface area contributed by atoms with Gasteiger partial charge in [0.25, 0.3) is 0 Å². The number of nitrogens with zero attached hydrogens (tertiary/aromatic N) is 2. The summed E-state index contributed by atoms with van der Waals surface area (Å²) in [6.07, 6.45) is -3.68. The Kier molecular flexibility index (Phi) is 5.59. The van der Waals surface area contributed by atoms with Gasteiger partial charge in [0, 0.05) is 26.2 Å². The number of halogens is 4. The molecular formula is C15H19F4N3O. The van der Waals surface area contributed by atoms with Crippen molar-refractivity contribution in [3.05, 3.63) is 35.9 Å². The Balaban J connectivity index is 1.98. The number of rotatable bonds is 6. The first-order valence-corrected chi connectivity index (χ1v) is 7.28. The van der Waals surface area contributed by atoms with Crippen LogP contribution in [0.4, 0.5) is 17.6 Å². The Morgan fingerprint density at radius 3 is 2.17 bits per heavy atom. The van der Waals surface area contributed by atoms with Gasteiger partial charge < -0.3 is 5.73 Å². The number of primary amides is 1. The van der Waals surface area contributed by atoms with Crippen molar-refractivity contribution in [3.8, 4) is 0 Å². The lowest BCUT2D eigenvalue weighted by Gasteiger charge is -2.39. The average molecular weight is 333 g/mol. The second-order valence-corrected chi connectivity index (χ2v) is 5.59. The van der Waals surface area contributed by atoms with Crippen LogP contribution in [-0.2, 0) is 4.79 Å². The van der Waals surface area contributed by atoms with Crippen molar-refractivity contribution in [1.29, 1.82) is 0 Å². The molecule has 0 unspecified atom stereocenters. The number of nitrogens with two attached hydrogens (primary N) is 1. The first-order chi connectivity index (χ1) is 10.8. The van der Waals surface area contributed by atoms with Crippen LogP contribution in [0.3, 0.4) is 0 Å². The number of hydrogen-bond acceptors (Lipinski definition) is 3. The fourth-order valence-corrected chi connectivity index (χ4v) is 2.74. The maximum atomic E-state index is 13.1. The highest BCUT2D eigenvalue weighted by Crippen LogP contribution is 2.26. The molecule has 0 aliphatic carbocycles. The van der Waals surface area contributed by atoms with Crippen LogP contribution in [0, 0.1) is 0 Å². The first kappa shape index (κ1) is 17.7. The van der Waals surface area contributed by atoms with E-state index in [4.69, 9.17) is 5.73 Å². The molecule has 8 heteroatoms. The monoisotopic (exact) mass is 333 g/mol. The third-order valence-corrected chi connectivity index (χ3v) is 3.91. The Labute approximate surface area is 131 Å². The number of piperazine rings is 1. The van der Waals surface area contributed by atoms with Gasteiger partial charge >= 0.3 is 12.3 Å². The Morgan fingerprint density at radius 1 is 1.13 bits per heavy atom. The van der Waals surface area contributed by atoms with Gasteiger partial charge in [-0.15, -0.1) is 0 Å². The second kappa shape index (κ2) is 7.27. The first-order valence-electron chi connectivity index (χ1n) is 7.28. The number of alkyl halides is 4. The lowest BCUT2D eigenvalue weighted by atomic mass is 10.0. The van der Waals surface area contributed by atoms with E-state index in [2.05, 4.69) is 0 Å². The summed E-state index contributed by atoms with van der Waals surface area (Å²) in [5, 5.41) is 0. The number of carbonyl (C=O) groups is 1. The molecule has 0 spiro atoms. The largest absolute Gasteiger partial charge is 0.368 e. The van der Waals surface area contributed by atoms with E-state index >= 15 is 0 Å². The zero-order chi connectivity index (χ0) is 17.0. The number of hydrogen-bond donors (Lipinski definition) is 1. The van der Waals surface area contributed by atoms with E-state index in [1.807, 2.05) is 6.07 Å². The molecule has 1 saturated heterocycles. The van der Waals surface area contributed by atoms with E-state index in [9.17, 15) is 22.4 Å². The third-order valence-electron chi connectivity index (χ3n) is 3.91. The normalized spacial score (nSPS) is 19.0. The van der Waals surface area contributed by atoms with Crippen molar-refractivity contribution < 1.29 is 22.4 Å². The van der Waals surface area contributed by atoms with Gasteiger partial charge in [-0.25, -0.2) is 8.78 Å². The van der Waals surface area contributed by atoms with Crippen LogP contribution >= 0.6 is 0 Å². The van der Waals surface area contributed by atoms with E-state index in [-0.39, 0.29) is 13.1 Å². The summed E-state index contributed by atoms with van der Waals surface area (Å²) < 4.78 is 50.7. The van der Waals surface area contributed by atoms with Crippen LogP contribution in [-0.4, -0.2) is 60.8 Å². The van der Waals surface area contributed by atoms with Gasteiger partial charge in [0.15, 0.2) is 0 Å². The standard InChI is InChI=1S/C15H19F4N3O/c16-14(17)15(18,19)10-21-6-8-22(9-7-21)12(13(20)23)11-4-2-1-3-5-11/h1-5,12,14H,6-10H2,(H2,20,23)/t12-/m1/s1. The van der Waals surface area contributed by atoms with Crippen LogP contribution in [0.25, 0.3) is 0 Å². The molecule has 1 aromatic carbocycles. The van der Waals surface area contributed by atoms with Crippen molar-refractivity contribution in [2.24, 2.45) is 5.73 Å². The fourth-order valence-electron chi connectivity index (χ4n) is 2.74. The average Bonchev–Trinajstić information content (AvgIpc) is 2.49. The molecule has 1 heterocycles. The number of benzene rings is 1. The fraction of sp³-hybridized carbons (Fsp3) is 0.533. The predicted molar refractivity (Wildman–Crippen MR) is 77.3 cm³/mol. The van der Waals surface area contributed by atoms with Crippen LogP contribution in [0.2, 0.25) is 0 Å². The van der Waals surface area contributed by atoms with Gasteiger partial charge in [-0.2, -0.15) is 8.78 Å². The molecule has 23 heavy (non-hydrogen) atoms. The minimum atomic E-state index is -4.02. The maximum absolute atomic E-state index is 13.1. The van der Waals surface area contributed by atoms with Crippen molar-refractivity contribution in [3.63, 3.8) is 0 Å². The molecule has 1 amide bonds. The predicted octanol–water partition coefficient (Wildman–Crippen LogP) is 1.73. The highest BCUT2D eigenvalue weighted by molar-refractivity contribution is 5.81. The van der Waals surface area contributed by atoms with Crippen molar-refractivity contribution in [1.82, 2.24) is 9.80 Å². The number of carbonyl (C=O) groups excluding carboxylic acids is 1. The molecule has 0 aromatic heterocycles. The summed E-state index contributed by atoms with van der Waals surface area (Å²) in [5.74, 6) is -4.55. The Morgan fingerprint density at radius 2 is 1.70 bits per heavy atom. The van der Waals surface area contributed by atoms with E-state index < -0.39 is 30.8 Å². The topological polar surface area (TPSA) is 49.6 Å².